The van der Waals surface area contributed by atoms with Crippen LogP contribution in [0.5, 0.6) is 0 Å². The summed E-state index contributed by atoms with van der Waals surface area (Å²) in [6, 6.07) is 0. The topological polar surface area (TPSA) is 66.6 Å². The molecule has 1 amide bonds. The van der Waals surface area contributed by atoms with E-state index in [0.29, 0.717) is 18.5 Å². The fourth-order valence-corrected chi connectivity index (χ4v) is 1.11. The van der Waals surface area contributed by atoms with Crippen LogP contribution in [0.1, 0.15) is 13.3 Å². The van der Waals surface area contributed by atoms with E-state index in [1.807, 2.05) is 11.9 Å². The van der Waals surface area contributed by atoms with Crippen LogP contribution >= 0.6 is 0 Å². The molecule has 0 unspecified atom stereocenters. The molecule has 0 radical (unpaired) electrons. The van der Waals surface area contributed by atoms with Gasteiger partial charge in [0.2, 0.25) is 5.91 Å². The number of rotatable bonds is 6. The van der Waals surface area contributed by atoms with Crippen molar-refractivity contribution in [3.63, 3.8) is 0 Å². The highest BCUT2D eigenvalue weighted by Crippen LogP contribution is 2.09. The first-order chi connectivity index (χ1) is 6.54. The monoisotopic (exact) mass is 198 g/mol. The van der Waals surface area contributed by atoms with Gasteiger partial charge in [0.15, 0.2) is 0 Å². The molecule has 80 valence electrons. The molecular formula is C10H18N2O2. The Kier molecular flexibility index (Phi) is 5.64. The summed E-state index contributed by atoms with van der Waals surface area (Å²) < 4.78 is 0. The van der Waals surface area contributed by atoms with Crippen molar-refractivity contribution in [3.8, 4) is 0 Å². The largest absolute Gasteiger partial charge is 0.396 e. The van der Waals surface area contributed by atoms with Crippen molar-refractivity contribution in [1.29, 1.82) is 0 Å². The third-order valence-corrected chi connectivity index (χ3v) is 2.08. The number of allylic oxidation sites excluding steroid dienone is 1. The Morgan fingerprint density at radius 3 is 2.57 bits per heavy atom. The van der Waals surface area contributed by atoms with E-state index in [1.54, 1.807) is 6.92 Å². The summed E-state index contributed by atoms with van der Waals surface area (Å²) in [6.45, 7) is 6.16. The van der Waals surface area contributed by atoms with Gasteiger partial charge in [-0.2, -0.15) is 0 Å². The van der Waals surface area contributed by atoms with E-state index >= 15 is 0 Å². The Morgan fingerprint density at radius 2 is 2.21 bits per heavy atom. The number of carbonyl (C=O) groups excluding carboxylic acids is 1. The van der Waals surface area contributed by atoms with Crippen LogP contribution in [0.4, 0.5) is 0 Å². The highest BCUT2D eigenvalue weighted by Gasteiger charge is 2.08. The van der Waals surface area contributed by atoms with E-state index in [0.717, 1.165) is 5.70 Å². The molecule has 0 saturated heterocycles. The number of hydrogen-bond acceptors (Lipinski definition) is 3. The van der Waals surface area contributed by atoms with E-state index in [2.05, 4.69) is 6.58 Å². The lowest BCUT2D eigenvalue weighted by atomic mass is 10.2. The van der Waals surface area contributed by atoms with Crippen LogP contribution in [0.25, 0.3) is 0 Å². The summed E-state index contributed by atoms with van der Waals surface area (Å²) >= 11 is 0. The van der Waals surface area contributed by atoms with Crippen molar-refractivity contribution >= 4 is 5.91 Å². The Labute approximate surface area is 84.7 Å². The number of aliphatic hydroxyl groups excluding tert-OH is 1. The van der Waals surface area contributed by atoms with Crippen LogP contribution in [0.3, 0.4) is 0 Å². The molecule has 14 heavy (non-hydrogen) atoms. The van der Waals surface area contributed by atoms with Crippen LogP contribution in [0, 0.1) is 0 Å². The Bertz CT molecular complexity index is 247. The number of hydrogen-bond donors (Lipinski definition) is 2. The third kappa shape index (κ3) is 3.62. The summed E-state index contributed by atoms with van der Waals surface area (Å²) in [6.07, 6.45) is 2.12. The van der Waals surface area contributed by atoms with Gasteiger partial charge in [0.05, 0.1) is 5.57 Å². The number of amides is 1. The second-order valence-corrected chi connectivity index (χ2v) is 3.07. The molecule has 0 aromatic rings. The predicted molar refractivity (Wildman–Crippen MR) is 56.4 cm³/mol. The van der Waals surface area contributed by atoms with E-state index in [4.69, 9.17) is 10.8 Å². The summed E-state index contributed by atoms with van der Waals surface area (Å²) in [4.78, 5) is 12.8. The van der Waals surface area contributed by atoms with E-state index in [-0.39, 0.29) is 6.61 Å². The fourth-order valence-electron chi connectivity index (χ4n) is 1.11. The van der Waals surface area contributed by atoms with Gasteiger partial charge in [-0.3, -0.25) is 4.79 Å². The van der Waals surface area contributed by atoms with Gasteiger partial charge >= 0.3 is 0 Å². The van der Waals surface area contributed by atoms with Crippen molar-refractivity contribution < 1.29 is 9.90 Å². The van der Waals surface area contributed by atoms with Gasteiger partial charge in [-0.15, -0.1) is 0 Å². The maximum Gasteiger partial charge on any atom is 0.250 e. The molecule has 0 rings (SSSR count). The van der Waals surface area contributed by atoms with Crippen LogP contribution in [-0.4, -0.2) is 36.1 Å². The van der Waals surface area contributed by atoms with Gasteiger partial charge in [0.1, 0.15) is 0 Å². The lowest BCUT2D eigenvalue weighted by molar-refractivity contribution is -0.114. The van der Waals surface area contributed by atoms with Gasteiger partial charge in [-0.05, 0) is 13.3 Å². The number of aliphatic hydroxyl groups is 1. The second kappa shape index (κ2) is 6.21. The number of nitrogens with zero attached hydrogens (tertiary/aromatic N) is 1. The second-order valence-electron chi connectivity index (χ2n) is 3.07. The number of carbonyl (C=O) groups is 1. The molecule has 0 atom stereocenters. The van der Waals surface area contributed by atoms with Gasteiger partial charge in [-0.1, -0.05) is 12.7 Å². The molecule has 0 aliphatic heterocycles. The van der Waals surface area contributed by atoms with Crippen molar-refractivity contribution in [3.05, 3.63) is 23.9 Å². The first kappa shape index (κ1) is 12.7. The number of primary amides is 1. The Hall–Kier alpha value is -1.29. The quantitative estimate of drug-likeness (QED) is 0.475. The molecular weight excluding hydrogens is 180 g/mol. The minimum Gasteiger partial charge on any atom is -0.396 e. The molecule has 0 aromatic carbocycles. The zero-order chi connectivity index (χ0) is 11.1. The van der Waals surface area contributed by atoms with Gasteiger partial charge in [0.25, 0.3) is 0 Å². The van der Waals surface area contributed by atoms with Gasteiger partial charge in [-0.25, -0.2) is 0 Å². The smallest absolute Gasteiger partial charge is 0.250 e. The highest BCUT2D eigenvalue weighted by atomic mass is 16.3. The molecule has 3 N–H and O–H groups in total. The number of nitrogens with two attached hydrogens (primary N) is 1. The summed E-state index contributed by atoms with van der Waals surface area (Å²) in [5.41, 5.74) is 6.37. The molecule has 0 aromatic heterocycles. The van der Waals surface area contributed by atoms with E-state index < -0.39 is 5.91 Å². The predicted octanol–water partition coefficient (Wildman–Crippen LogP) is 0.246. The molecule has 0 saturated carbocycles. The minimum absolute atomic E-state index is 0.137. The van der Waals surface area contributed by atoms with Crippen LogP contribution < -0.4 is 5.73 Å². The summed E-state index contributed by atoms with van der Waals surface area (Å²) in [5, 5.41) is 8.65. The molecule has 0 spiro atoms. The molecule has 4 heteroatoms. The zero-order valence-electron chi connectivity index (χ0n) is 8.79. The molecule has 0 aliphatic carbocycles. The van der Waals surface area contributed by atoms with Crippen LogP contribution in [0.2, 0.25) is 0 Å². The molecule has 0 fully saturated rings. The van der Waals surface area contributed by atoms with Crippen LogP contribution in [-0.2, 0) is 4.79 Å². The Balaban J connectivity index is 4.59. The van der Waals surface area contributed by atoms with E-state index in [9.17, 15) is 4.79 Å². The van der Waals surface area contributed by atoms with Gasteiger partial charge in [0, 0.05) is 25.9 Å². The Morgan fingerprint density at radius 1 is 1.64 bits per heavy atom. The maximum absolute atomic E-state index is 11.0. The maximum atomic E-state index is 11.0. The van der Waals surface area contributed by atoms with Crippen molar-refractivity contribution in [2.45, 2.75) is 13.3 Å². The van der Waals surface area contributed by atoms with Crippen molar-refractivity contribution in [1.82, 2.24) is 4.90 Å². The summed E-state index contributed by atoms with van der Waals surface area (Å²) in [5.74, 6) is -0.478. The van der Waals surface area contributed by atoms with Crippen LogP contribution in [0.15, 0.2) is 23.9 Å². The average molecular weight is 198 g/mol. The zero-order valence-corrected chi connectivity index (χ0v) is 8.79. The van der Waals surface area contributed by atoms with Crippen molar-refractivity contribution in [2.24, 2.45) is 5.73 Å². The lowest BCUT2D eigenvalue weighted by Gasteiger charge is -2.20. The molecule has 4 nitrogen and oxygen atoms in total. The fraction of sp³-hybridized carbons (Fsp3) is 0.500. The standard InChI is InChI=1S/C10H18N2O2/c1-4-9(10(11)14)8(2)12(3)6-5-7-13/h4,13H,1,5-7H2,2-3H3,(H2,11,14)/b9-8-. The lowest BCUT2D eigenvalue weighted by Crippen LogP contribution is -2.23. The van der Waals surface area contributed by atoms with Crippen molar-refractivity contribution in [2.75, 3.05) is 20.2 Å². The SMILES string of the molecule is C=C/C(C(N)=O)=C(\C)N(C)CCCO. The average Bonchev–Trinajstić information content (AvgIpc) is 2.14. The van der Waals surface area contributed by atoms with E-state index in [1.165, 1.54) is 6.08 Å². The summed E-state index contributed by atoms with van der Waals surface area (Å²) in [7, 11) is 1.84. The van der Waals surface area contributed by atoms with Gasteiger partial charge < -0.3 is 15.7 Å². The minimum atomic E-state index is -0.478. The normalized spacial score (nSPS) is 11.9. The first-order valence-corrected chi connectivity index (χ1v) is 4.49. The first-order valence-electron chi connectivity index (χ1n) is 4.49. The molecule has 0 heterocycles. The third-order valence-electron chi connectivity index (χ3n) is 2.08. The highest BCUT2D eigenvalue weighted by molar-refractivity contribution is 5.95. The molecule has 0 bridgehead atoms. The molecule has 0 aliphatic rings.